The fourth-order valence-electron chi connectivity index (χ4n) is 1.70. The SMILES string of the molecule is N#Cc1ccc(C(C2CC2)S(=O)O)cc1. The van der Waals surface area contributed by atoms with Gasteiger partial charge in [-0.05, 0) is 36.5 Å². The highest BCUT2D eigenvalue weighted by Crippen LogP contribution is 2.44. The molecule has 0 amide bonds. The minimum absolute atomic E-state index is 0.280. The molecule has 1 fully saturated rings. The van der Waals surface area contributed by atoms with Crippen LogP contribution in [0.5, 0.6) is 0 Å². The third-order valence-electron chi connectivity index (χ3n) is 2.64. The third-order valence-corrected chi connectivity index (χ3v) is 3.73. The summed E-state index contributed by atoms with van der Waals surface area (Å²) in [6, 6.07) is 8.96. The van der Waals surface area contributed by atoms with Crippen molar-refractivity contribution in [2.45, 2.75) is 18.1 Å². The maximum atomic E-state index is 11.2. The van der Waals surface area contributed by atoms with Crippen molar-refractivity contribution in [1.29, 1.82) is 5.26 Å². The largest absolute Gasteiger partial charge is 0.306 e. The summed E-state index contributed by atoms with van der Waals surface area (Å²) in [5.41, 5.74) is 1.44. The molecule has 0 spiro atoms. The van der Waals surface area contributed by atoms with Gasteiger partial charge in [0.1, 0.15) is 0 Å². The molecule has 1 aliphatic carbocycles. The molecule has 0 bridgehead atoms. The quantitative estimate of drug-likeness (QED) is 0.796. The topological polar surface area (TPSA) is 61.1 Å². The van der Waals surface area contributed by atoms with E-state index in [1.54, 1.807) is 24.3 Å². The number of hydrogen-bond donors (Lipinski definition) is 1. The summed E-state index contributed by atoms with van der Waals surface area (Å²) < 4.78 is 20.4. The van der Waals surface area contributed by atoms with E-state index in [1.807, 2.05) is 6.07 Å². The van der Waals surface area contributed by atoms with E-state index in [-0.39, 0.29) is 5.25 Å². The van der Waals surface area contributed by atoms with Gasteiger partial charge in [0.05, 0.1) is 16.9 Å². The monoisotopic (exact) mass is 221 g/mol. The van der Waals surface area contributed by atoms with Crippen molar-refractivity contribution in [3.05, 3.63) is 35.4 Å². The highest BCUT2D eigenvalue weighted by molar-refractivity contribution is 7.79. The molecular weight excluding hydrogens is 210 g/mol. The molecule has 0 aromatic heterocycles. The second kappa shape index (κ2) is 4.13. The molecule has 0 radical (unpaired) electrons. The molecule has 1 aromatic carbocycles. The van der Waals surface area contributed by atoms with E-state index in [9.17, 15) is 8.76 Å². The van der Waals surface area contributed by atoms with Crippen LogP contribution in [0.4, 0.5) is 0 Å². The van der Waals surface area contributed by atoms with E-state index in [0.717, 1.165) is 18.4 Å². The molecule has 1 N–H and O–H groups in total. The summed E-state index contributed by atoms with van der Waals surface area (Å²) in [5.74, 6) is 0.337. The van der Waals surface area contributed by atoms with Gasteiger partial charge in [-0.2, -0.15) is 5.26 Å². The lowest BCUT2D eigenvalue weighted by molar-refractivity contribution is 0.540. The molecule has 0 aliphatic heterocycles. The Balaban J connectivity index is 2.26. The second-order valence-electron chi connectivity index (χ2n) is 3.77. The van der Waals surface area contributed by atoms with Gasteiger partial charge in [-0.3, -0.25) is 0 Å². The first-order chi connectivity index (χ1) is 7.22. The normalized spacial score (nSPS) is 19.2. The molecule has 78 valence electrons. The van der Waals surface area contributed by atoms with Crippen LogP contribution < -0.4 is 0 Å². The molecule has 1 aliphatic rings. The van der Waals surface area contributed by atoms with Crippen LogP contribution >= 0.6 is 0 Å². The van der Waals surface area contributed by atoms with E-state index in [1.165, 1.54) is 0 Å². The average Bonchev–Trinajstić information content (AvgIpc) is 3.03. The Bertz CT molecular complexity index is 417. The summed E-state index contributed by atoms with van der Waals surface area (Å²) >= 11 is -1.81. The minimum atomic E-state index is -1.81. The Morgan fingerprint density at radius 1 is 1.40 bits per heavy atom. The van der Waals surface area contributed by atoms with Crippen molar-refractivity contribution in [1.82, 2.24) is 0 Å². The maximum Gasteiger partial charge on any atom is 0.160 e. The lowest BCUT2D eigenvalue weighted by Crippen LogP contribution is -2.07. The number of nitrogens with zero attached hydrogens (tertiary/aromatic N) is 1. The first kappa shape index (κ1) is 10.3. The molecule has 4 heteroatoms. The lowest BCUT2D eigenvalue weighted by Gasteiger charge is -2.11. The molecule has 1 saturated carbocycles. The second-order valence-corrected chi connectivity index (χ2v) is 4.83. The van der Waals surface area contributed by atoms with Crippen LogP contribution in [0.25, 0.3) is 0 Å². The van der Waals surface area contributed by atoms with E-state index in [2.05, 4.69) is 0 Å². The molecule has 2 unspecified atom stereocenters. The van der Waals surface area contributed by atoms with E-state index < -0.39 is 11.1 Å². The van der Waals surface area contributed by atoms with E-state index in [0.29, 0.717) is 11.5 Å². The standard InChI is InChI=1S/C11H11NO2S/c12-7-8-1-3-9(4-2-8)11(15(13)14)10-5-6-10/h1-4,10-11H,5-6H2,(H,13,14). The van der Waals surface area contributed by atoms with E-state index >= 15 is 0 Å². The minimum Gasteiger partial charge on any atom is -0.306 e. The van der Waals surface area contributed by atoms with Gasteiger partial charge in [0.25, 0.3) is 0 Å². The van der Waals surface area contributed by atoms with Crippen molar-refractivity contribution in [3.8, 4) is 6.07 Å². The van der Waals surface area contributed by atoms with Crippen molar-refractivity contribution in [2.75, 3.05) is 0 Å². The van der Waals surface area contributed by atoms with E-state index in [4.69, 9.17) is 5.26 Å². The first-order valence-electron chi connectivity index (χ1n) is 4.82. The van der Waals surface area contributed by atoms with Gasteiger partial charge < -0.3 is 4.55 Å². The molecular formula is C11H11NO2S. The van der Waals surface area contributed by atoms with Gasteiger partial charge >= 0.3 is 0 Å². The molecule has 1 aromatic rings. The Hall–Kier alpha value is -1.18. The van der Waals surface area contributed by atoms with Crippen molar-refractivity contribution >= 4 is 11.1 Å². The van der Waals surface area contributed by atoms with Crippen LogP contribution in [0.2, 0.25) is 0 Å². The van der Waals surface area contributed by atoms with Crippen LogP contribution in [-0.4, -0.2) is 8.76 Å². The highest BCUT2D eigenvalue weighted by atomic mass is 32.2. The highest BCUT2D eigenvalue weighted by Gasteiger charge is 2.36. The first-order valence-corrected chi connectivity index (χ1v) is 5.99. The molecule has 0 heterocycles. The van der Waals surface area contributed by atoms with Crippen LogP contribution in [0, 0.1) is 17.2 Å². The number of benzene rings is 1. The van der Waals surface area contributed by atoms with Gasteiger partial charge in [0.2, 0.25) is 0 Å². The smallest absolute Gasteiger partial charge is 0.160 e. The Labute approximate surface area is 91.0 Å². The Morgan fingerprint density at radius 3 is 2.40 bits per heavy atom. The molecule has 15 heavy (non-hydrogen) atoms. The summed E-state index contributed by atoms with van der Waals surface area (Å²) in [6.07, 6.45) is 2.05. The number of rotatable bonds is 3. The average molecular weight is 221 g/mol. The van der Waals surface area contributed by atoms with Crippen LogP contribution in [0.3, 0.4) is 0 Å². The van der Waals surface area contributed by atoms with Crippen LogP contribution in [0.1, 0.15) is 29.2 Å². The molecule has 2 atom stereocenters. The third kappa shape index (κ3) is 2.25. The van der Waals surface area contributed by atoms with Gasteiger partial charge in [-0.25, -0.2) is 4.21 Å². The van der Waals surface area contributed by atoms with Gasteiger partial charge in [-0.1, -0.05) is 12.1 Å². The summed E-state index contributed by atoms with van der Waals surface area (Å²) in [6.45, 7) is 0. The van der Waals surface area contributed by atoms with Crippen molar-refractivity contribution < 1.29 is 8.76 Å². The van der Waals surface area contributed by atoms with Crippen LogP contribution in [0.15, 0.2) is 24.3 Å². The summed E-state index contributed by atoms with van der Waals surface area (Å²) in [7, 11) is 0. The number of nitriles is 1. The van der Waals surface area contributed by atoms with Gasteiger partial charge in [0, 0.05) is 0 Å². The predicted octanol–water partition coefficient (Wildman–Crippen LogP) is 2.23. The predicted molar refractivity (Wildman–Crippen MR) is 57.4 cm³/mol. The molecule has 3 nitrogen and oxygen atoms in total. The van der Waals surface area contributed by atoms with Gasteiger partial charge in [-0.15, -0.1) is 0 Å². The van der Waals surface area contributed by atoms with Crippen LogP contribution in [-0.2, 0) is 11.1 Å². The van der Waals surface area contributed by atoms with Crippen molar-refractivity contribution in [3.63, 3.8) is 0 Å². The Morgan fingerprint density at radius 2 is 2.00 bits per heavy atom. The molecule has 0 saturated heterocycles. The number of hydrogen-bond acceptors (Lipinski definition) is 2. The zero-order valence-corrected chi connectivity index (χ0v) is 8.91. The summed E-state index contributed by atoms with van der Waals surface area (Å²) in [5, 5.41) is 8.36. The van der Waals surface area contributed by atoms with Gasteiger partial charge in [0.15, 0.2) is 11.1 Å². The zero-order chi connectivity index (χ0) is 10.8. The van der Waals surface area contributed by atoms with Crippen molar-refractivity contribution in [2.24, 2.45) is 5.92 Å². The summed E-state index contributed by atoms with van der Waals surface area (Å²) in [4.78, 5) is 0. The lowest BCUT2D eigenvalue weighted by atomic mass is 10.1. The zero-order valence-electron chi connectivity index (χ0n) is 8.09. The fourth-order valence-corrected chi connectivity index (χ4v) is 2.69. The Kier molecular flexibility index (Phi) is 2.85. The fraction of sp³-hybridized carbons (Fsp3) is 0.364. The molecule has 2 rings (SSSR count). The maximum absolute atomic E-state index is 11.2.